The van der Waals surface area contributed by atoms with Crippen molar-refractivity contribution in [1.29, 1.82) is 0 Å². The monoisotopic (exact) mass is 657 g/mol. The molecule has 0 spiro atoms. The van der Waals surface area contributed by atoms with Crippen molar-refractivity contribution >= 4 is 39.1 Å². The fraction of sp³-hybridized carbons (Fsp3) is 0.297. The molecule has 1 aliphatic carbocycles. The number of nitrogens with one attached hydrogen (secondary N) is 1. The summed E-state index contributed by atoms with van der Waals surface area (Å²) in [6.45, 7) is 3.28. The Morgan fingerprint density at radius 1 is 0.848 bits per heavy atom. The molecule has 4 aromatic rings. The summed E-state index contributed by atoms with van der Waals surface area (Å²) in [5.74, 6) is -0.752. The summed E-state index contributed by atoms with van der Waals surface area (Å²) in [5.41, 5.74) is 3.60. The maximum absolute atomic E-state index is 14.7. The predicted molar refractivity (Wildman–Crippen MR) is 183 cm³/mol. The van der Waals surface area contributed by atoms with Crippen LogP contribution in [0.5, 0.6) is 0 Å². The molecule has 0 bridgehead atoms. The fourth-order valence-corrected chi connectivity index (χ4v) is 7.68. The minimum Gasteiger partial charge on any atom is -0.352 e. The molecule has 4 aromatic carbocycles. The smallest absolute Gasteiger partial charge is 0.264 e. The minimum atomic E-state index is -4.16. The second-order valence-corrected chi connectivity index (χ2v) is 14.3. The van der Waals surface area contributed by atoms with Crippen LogP contribution in [-0.2, 0) is 32.6 Å². The molecule has 5 rings (SSSR count). The number of anilines is 1. The highest BCUT2D eigenvalue weighted by atomic mass is 35.5. The van der Waals surface area contributed by atoms with Gasteiger partial charge in [-0.15, -0.1) is 0 Å². The molecule has 0 heterocycles. The van der Waals surface area contributed by atoms with Crippen LogP contribution in [0.15, 0.2) is 108 Å². The van der Waals surface area contributed by atoms with Gasteiger partial charge in [-0.05, 0) is 79.3 Å². The number of nitrogens with zero attached hydrogens (tertiary/aromatic N) is 2. The lowest BCUT2D eigenvalue weighted by Crippen LogP contribution is -2.54. The predicted octanol–water partition coefficient (Wildman–Crippen LogP) is 6.85. The molecular formula is C37H40ClN3O4S. The Labute approximate surface area is 277 Å². The van der Waals surface area contributed by atoms with Crippen LogP contribution in [0.2, 0.25) is 5.02 Å². The van der Waals surface area contributed by atoms with Gasteiger partial charge in [-0.3, -0.25) is 13.9 Å². The number of hydrogen-bond donors (Lipinski definition) is 1. The lowest BCUT2D eigenvalue weighted by atomic mass is 10.0. The van der Waals surface area contributed by atoms with Crippen molar-refractivity contribution in [2.24, 2.45) is 0 Å². The molecule has 1 aliphatic rings. The summed E-state index contributed by atoms with van der Waals surface area (Å²) >= 11 is 6.35. The number of carbonyl (C=O) groups is 2. The van der Waals surface area contributed by atoms with Gasteiger partial charge in [0.25, 0.3) is 10.0 Å². The van der Waals surface area contributed by atoms with Crippen LogP contribution in [0.1, 0.15) is 47.9 Å². The van der Waals surface area contributed by atoms with E-state index >= 15 is 0 Å². The second kappa shape index (κ2) is 15.0. The van der Waals surface area contributed by atoms with Crippen molar-refractivity contribution in [1.82, 2.24) is 10.2 Å². The highest BCUT2D eigenvalue weighted by molar-refractivity contribution is 7.92. The molecule has 2 amide bonds. The number of halogens is 1. The van der Waals surface area contributed by atoms with E-state index in [1.54, 1.807) is 42.5 Å². The Hall–Kier alpha value is -4.14. The van der Waals surface area contributed by atoms with Crippen molar-refractivity contribution in [2.75, 3.05) is 10.8 Å². The Morgan fingerprint density at radius 2 is 1.50 bits per heavy atom. The first kappa shape index (κ1) is 33.2. The van der Waals surface area contributed by atoms with Gasteiger partial charge < -0.3 is 10.2 Å². The van der Waals surface area contributed by atoms with Crippen molar-refractivity contribution in [3.05, 3.63) is 130 Å². The van der Waals surface area contributed by atoms with Crippen LogP contribution >= 0.6 is 11.6 Å². The molecule has 1 fully saturated rings. The third-order valence-corrected chi connectivity index (χ3v) is 10.5. The largest absolute Gasteiger partial charge is 0.352 e. The van der Waals surface area contributed by atoms with Crippen LogP contribution < -0.4 is 9.62 Å². The third-order valence-electron chi connectivity index (χ3n) is 8.46. The summed E-state index contributed by atoms with van der Waals surface area (Å²) in [6.07, 6.45) is 4.13. The molecule has 1 saturated carbocycles. The third kappa shape index (κ3) is 8.17. The van der Waals surface area contributed by atoms with Crippen LogP contribution in [0, 0.1) is 13.8 Å². The fourth-order valence-electron chi connectivity index (χ4n) is 5.97. The Balaban J connectivity index is 1.58. The molecule has 0 aliphatic heterocycles. The van der Waals surface area contributed by atoms with Crippen LogP contribution in [0.25, 0.3) is 0 Å². The Morgan fingerprint density at radius 3 is 2.17 bits per heavy atom. The standard InChI is InChI=1S/C37H40ClN3O4S/c1-27-20-21-28(2)34(22-27)41(46(44,45)33-18-7-4-8-19-33)26-36(42)40(25-30-14-11-15-31(38)23-30)35(24-29-12-5-3-6-13-29)37(43)39-32-16-9-10-17-32/h3-8,11-15,18-23,32,35H,9-10,16-17,24-26H2,1-2H3,(H,39,43)/t35-/m0/s1. The average Bonchev–Trinajstić information content (AvgIpc) is 3.56. The number of rotatable bonds is 12. The number of benzene rings is 4. The van der Waals surface area contributed by atoms with E-state index in [1.165, 1.54) is 21.3 Å². The lowest BCUT2D eigenvalue weighted by Gasteiger charge is -2.34. The van der Waals surface area contributed by atoms with Gasteiger partial charge in [0, 0.05) is 24.0 Å². The van der Waals surface area contributed by atoms with E-state index in [0.717, 1.165) is 42.4 Å². The SMILES string of the molecule is Cc1ccc(C)c(N(CC(=O)N(Cc2cccc(Cl)c2)[C@@H](Cc2ccccc2)C(=O)NC2CCCC2)S(=O)(=O)c2ccccc2)c1. The zero-order chi connectivity index (χ0) is 32.7. The second-order valence-electron chi connectivity index (χ2n) is 12.0. The van der Waals surface area contributed by atoms with Gasteiger partial charge in [0.15, 0.2) is 0 Å². The van der Waals surface area contributed by atoms with Gasteiger partial charge in [-0.2, -0.15) is 0 Å². The van der Waals surface area contributed by atoms with Gasteiger partial charge in [0.1, 0.15) is 12.6 Å². The van der Waals surface area contributed by atoms with E-state index in [-0.39, 0.29) is 29.8 Å². The average molecular weight is 658 g/mol. The number of amides is 2. The summed E-state index contributed by atoms with van der Waals surface area (Å²) < 4.78 is 29.7. The van der Waals surface area contributed by atoms with Gasteiger partial charge in [-0.1, -0.05) is 97.2 Å². The highest BCUT2D eigenvalue weighted by Gasteiger charge is 2.36. The van der Waals surface area contributed by atoms with Crippen molar-refractivity contribution in [2.45, 2.75) is 69.5 Å². The highest BCUT2D eigenvalue weighted by Crippen LogP contribution is 2.29. The summed E-state index contributed by atoms with van der Waals surface area (Å²) in [4.78, 5) is 30.4. The number of hydrogen-bond acceptors (Lipinski definition) is 4. The van der Waals surface area contributed by atoms with E-state index in [1.807, 2.05) is 62.4 Å². The van der Waals surface area contributed by atoms with Crippen LogP contribution in [-0.4, -0.2) is 43.8 Å². The molecule has 46 heavy (non-hydrogen) atoms. The Bertz CT molecular complexity index is 1760. The van der Waals surface area contributed by atoms with E-state index in [9.17, 15) is 18.0 Å². The van der Waals surface area contributed by atoms with Crippen LogP contribution in [0.3, 0.4) is 0 Å². The normalized spacial score (nSPS) is 14.1. The zero-order valence-electron chi connectivity index (χ0n) is 26.2. The topological polar surface area (TPSA) is 86.8 Å². The number of sulfonamides is 1. The van der Waals surface area contributed by atoms with Gasteiger partial charge in [0.05, 0.1) is 10.6 Å². The molecule has 0 saturated heterocycles. The first-order valence-electron chi connectivity index (χ1n) is 15.6. The molecule has 1 N–H and O–H groups in total. The quantitative estimate of drug-likeness (QED) is 0.181. The molecule has 0 aromatic heterocycles. The summed E-state index contributed by atoms with van der Waals surface area (Å²) in [7, 11) is -4.16. The lowest BCUT2D eigenvalue weighted by molar-refractivity contribution is -0.140. The van der Waals surface area contributed by atoms with E-state index < -0.39 is 28.5 Å². The number of aryl methyl sites for hydroxylation is 2. The minimum absolute atomic E-state index is 0.0406. The van der Waals surface area contributed by atoms with Gasteiger partial charge in [-0.25, -0.2) is 8.42 Å². The summed E-state index contributed by atoms with van der Waals surface area (Å²) in [5, 5.41) is 3.70. The molecule has 240 valence electrons. The van der Waals surface area contributed by atoms with Crippen LogP contribution in [0.4, 0.5) is 5.69 Å². The maximum atomic E-state index is 14.7. The zero-order valence-corrected chi connectivity index (χ0v) is 27.8. The molecule has 0 radical (unpaired) electrons. The first-order chi connectivity index (χ1) is 22.1. The molecular weight excluding hydrogens is 618 g/mol. The van der Waals surface area contributed by atoms with Gasteiger partial charge in [0.2, 0.25) is 11.8 Å². The summed E-state index contributed by atoms with van der Waals surface area (Å²) in [6, 6.07) is 29.5. The van der Waals surface area contributed by atoms with Crippen molar-refractivity contribution in [3.63, 3.8) is 0 Å². The van der Waals surface area contributed by atoms with Crippen molar-refractivity contribution < 1.29 is 18.0 Å². The number of carbonyl (C=O) groups excluding carboxylic acids is 2. The maximum Gasteiger partial charge on any atom is 0.264 e. The molecule has 9 heteroatoms. The van der Waals surface area contributed by atoms with E-state index in [4.69, 9.17) is 11.6 Å². The first-order valence-corrected chi connectivity index (χ1v) is 17.5. The Kier molecular flexibility index (Phi) is 10.8. The molecule has 7 nitrogen and oxygen atoms in total. The molecule has 0 unspecified atom stereocenters. The van der Waals surface area contributed by atoms with Gasteiger partial charge >= 0.3 is 0 Å². The van der Waals surface area contributed by atoms with E-state index in [0.29, 0.717) is 16.3 Å². The van der Waals surface area contributed by atoms with E-state index in [2.05, 4.69) is 5.32 Å². The molecule has 1 atom stereocenters. The van der Waals surface area contributed by atoms with Crippen molar-refractivity contribution in [3.8, 4) is 0 Å².